The summed E-state index contributed by atoms with van der Waals surface area (Å²) in [5, 5.41) is 1.09. The largest absolute Gasteiger partial charge is 0.345 e. The van der Waals surface area contributed by atoms with Crippen molar-refractivity contribution in [3.63, 3.8) is 0 Å². The van der Waals surface area contributed by atoms with Gasteiger partial charge in [0.1, 0.15) is 22.8 Å². The van der Waals surface area contributed by atoms with Crippen LogP contribution >= 0.6 is 11.3 Å². The average Bonchev–Trinajstić information content (AvgIpc) is 3.01. The number of hydrogen-bond donors (Lipinski definition) is 1. The van der Waals surface area contributed by atoms with Crippen LogP contribution < -0.4 is 10.5 Å². The molecule has 4 rings (SSSR count). The summed E-state index contributed by atoms with van der Waals surface area (Å²) in [6.45, 7) is 7.15. The molecule has 1 aliphatic heterocycles. The first kappa shape index (κ1) is 13.4. The molecule has 0 unspecified atom stereocenters. The smallest absolute Gasteiger partial charge is 0.256 e. The zero-order valence-corrected chi connectivity index (χ0v) is 13.4. The van der Waals surface area contributed by atoms with E-state index in [0.717, 1.165) is 27.3 Å². The third-order valence-electron chi connectivity index (χ3n) is 4.15. The normalized spacial score (nSPS) is 13.9. The fourth-order valence-electron chi connectivity index (χ4n) is 2.94. The molecule has 0 saturated heterocycles. The zero-order valence-electron chi connectivity index (χ0n) is 12.6. The van der Waals surface area contributed by atoms with Gasteiger partial charge in [-0.25, -0.2) is 15.0 Å². The minimum absolute atomic E-state index is 0.0477. The van der Waals surface area contributed by atoms with Crippen LogP contribution in [0.25, 0.3) is 10.2 Å². The molecule has 4 heterocycles. The Bertz CT molecular complexity index is 958. The van der Waals surface area contributed by atoms with Gasteiger partial charge in [-0.1, -0.05) is 0 Å². The van der Waals surface area contributed by atoms with Crippen molar-refractivity contribution in [3.8, 4) is 0 Å². The van der Waals surface area contributed by atoms with Gasteiger partial charge in [0.05, 0.1) is 29.7 Å². The molecule has 0 radical (unpaired) electrons. The molecule has 0 atom stereocenters. The molecule has 3 aromatic rings. The van der Waals surface area contributed by atoms with Gasteiger partial charge in [-0.05, 0) is 26.3 Å². The van der Waals surface area contributed by atoms with Crippen molar-refractivity contribution in [1.29, 1.82) is 0 Å². The monoisotopic (exact) mass is 313 g/mol. The van der Waals surface area contributed by atoms with Gasteiger partial charge in [0, 0.05) is 4.88 Å². The van der Waals surface area contributed by atoms with Crippen LogP contribution in [0, 0.1) is 20.8 Å². The molecule has 0 aliphatic carbocycles. The summed E-state index contributed by atoms with van der Waals surface area (Å²) in [5.74, 6) is 1.54. The number of nitrogens with one attached hydrogen (secondary N) is 1. The van der Waals surface area contributed by atoms with Crippen LogP contribution in [-0.2, 0) is 13.1 Å². The van der Waals surface area contributed by atoms with E-state index in [-0.39, 0.29) is 5.56 Å². The van der Waals surface area contributed by atoms with E-state index in [1.165, 1.54) is 10.4 Å². The number of nitrogens with zero attached hydrogens (tertiary/aromatic N) is 4. The molecule has 0 aromatic carbocycles. The average molecular weight is 313 g/mol. The molecule has 6 nitrogen and oxygen atoms in total. The van der Waals surface area contributed by atoms with E-state index in [1.54, 1.807) is 24.6 Å². The first-order valence-electron chi connectivity index (χ1n) is 7.09. The first-order valence-corrected chi connectivity index (χ1v) is 7.90. The Morgan fingerprint density at radius 2 is 2.05 bits per heavy atom. The van der Waals surface area contributed by atoms with Crippen molar-refractivity contribution >= 4 is 27.4 Å². The number of H-pyrrole nitrogens is 1. The fourth-order valence-corrected chi connectivity index (χ4v) is 3.93. The molecular formula is C15H15N5OS. The summed E-state index contributed by atoms with van der Waals surface area (Å²) in [5.41, 5.74) is 2.75. The predicted octanol–water partition coefficient (Wildman–Crippen LogP) is 2.22. The van der Waals surface area contributed by atoms with Crippen LogP contribution in [0.4, 0.5) is 5.82 Å². The molecule has 7 heteroatoms. The number of aryl methyl sites for hydroxylation is 3. The second kappa shape index (κ2) is 4.61. The highest BCUT2D eigenvalue weighted by atomic mass is 32.1. The molecule has 22 heavy (non-hydrogen) atoms. The summed E-state index contributed by atoms with van der Waals surface area (Å²) in [6, 6.07) is 0. The van der Waals surface area contributed by atoms with Crippen molar-refractivity contribution < 1.29 is 0 Å². The zero-order chi connectivity index (χ0) is 15.4. The highest BCUT2D eigenvalue weighted by Crippen LogP contribution is 2.36. The van der Waals surface area contributed by atoms with Gasteiger partial charge in [-0.15, -0.1) is 11.3 Å². The minimum atomic E-state index is -0.0477. The Morgan fingerprint density at radius 1 is 1.23 bits per heavy atom. The van der Waals surface area contributed by atoms with Gasteiger partial charge in [-0.2, -0.15) is 0 Å². The lowest BCUT2D eigenvalue weighted by molar-refractivity contribution is 0.849. The maximum absolute atomic E-state index is 12.1. The minimum Gasteiger partial charge on any atom is -0.345 e. The molecule has 1 N–H and O–H groups in total. The molecule has 1 aliphatic rings. The van der Waals surface area contributed by atoms with E-state index >= 15 is 0 Å². The van der Waals surface area contributed by atoms with E-state index in [1.807, 2.05) is 0 Å². The quantitative estimate of drug-likeness (QED) is 0.745. The standard InChI is InChI=1S/C15H15N5OS/c1-7-8(2)22-15-12(7)13(16-6-17-15)20-4-10-11(5-20)18-9(3)19-14(10)21/h6H,4-5H2,1-3H3,(H,18,19,21). The van der Waals surface area contributed by atoms with Crippen LogP contribution in [0.3, 0.4) is 0 Å². The van der Waals surface area contributed by atoms with Crippen molar-refractivity contribution in [2.45, 2.75) is 33.9 Å². The Balaban J connectivity index is 1.85. The van der Waals surface area contributed by atoms with Crippen LogP contribution in [0.15, 0.2) is 11.1 Å². The lowest BCUT2D eigenvalue weighted by atomic mass is 10.2. The maximum Gasteiger partial charge on any atom is 0.256 e. The highest BCUT2D eigenvalue weighted by Gasteiger charge is 2.27. The van der Waals surface area contributed by atoms with Crippen LogP contribution in [0.5, 0.6) is 0 Å². The van der Waals surface area contributed by atoms with Gasteiger partial charge in [0.2, 0.25) is 0 Å². The number of fused-ring (bicyclic) bond motifs is 2. The van der Waals surface area contributed by atoms with Gasteiger partial charge in [0.15, 0.2) is 0 Å². The van der Waals surface area contributed by atoms with Crippen LogP contribution in [0.1, 0.15) is 27.5 Å². The molecule has 0 fully saturated rings. The summed E-state index contributed by atoms with van der Waals surface area (Å²) in [7, 11) is 0. The van der Waals surface area contributed by atoms with Gasteiger partial charge >= 0.3 is 0 Å². The topological polar surface area (TPSA) is 74.8 Å². The number of thiophene rings is 1. The summed E-state index contributed by atoms with van der Waals surface area (Å²) in [4.78, 5) is 32.5. The second-order valence-electron chi connectivity index (χ2n) is 5.59. The van der Waals surface area contributed by atoms with E-state index < -0.39 is 0 Å². The Morgan fingerprint density at radius 3 is 2.86 bits per heavy atom. The third-order valence-corrected chi connectivity index (χ3v) is 5.27. The molecule has 0 amide bonds. The Kier molecular flexibility index (Phi) is 2.80. The van der Waals surface area contributed by atoms with Crippen molar-refractivity contribution in [2.24, 2.45) is 0 Å². The van der Waals surface area contributed by atoms with Crippen LogP contribution in [0.2, 0.25) is 0 Å². The summed E-state index contributed by atoms with van der Waals surface area (Å²) in [6.07, 6.45) is 1.60. The Labute approximate surface area is 130 Å². The Hall–Kier alpha value is -2.28. The van der Waals surface area contributed by atoms with Crippen molar-refractivity contribution in [2.75, 3.05) is 4.90 Å². The highest BCUT2D eigenvalue weighted by molar-refractivity contribution is 7.18. The maximum atomic E-state index is 12.1. The molecular weight excluding hydrogens is 298 g/mol. The van der Waals surface area contributed by atoms with Gasteiger partial charge < -0.3 is 9.88 Å². The van der Waals surface area contributed by atoms with Crippen molar-refractivity contribution in [3.05, 3.63) is 44.2 Å². The predicted molar refractivity (Wildman–Crippen MR) is 86.4 cm³/mol. The molecule has 112 valence electrons. The number of anilines is 1. The number of aromatic nitrogens is 4. The van der Waals surface area contributed by atoms with Crippen molar-refractivity contribution in [1.82, 2.24) is 19.9 Å². The molecule has 0 bridgehead atoms. The summed E-state index contributed by atoms with van der Waals surface area (Å²) < 4.78 is 0. The molecule has 3 aromatic heterocycles. The third kappa shape index (κ3) is 1.85. The lowest BCUT2D eigenvalue weighted by Crippen LogP contribution is -2.19. The SMILES string of the molecule is Cc1nc2c(c(=O)[nH]1)CN(c1ncnc3sc(C)c(C)c13)C2. The molecule has 0 spiro atoms. The second-order valence-corrected chi connectivity index (χ2v) is 6.80. The van der Waals surface area contributed by atoms with E-state index in [9.17, 15) is 4.79 Å². The van der Waals surface area contributed by atoms with E-state index in [4.69, 9.17) is 0 Å². The lowest BCUT2D eigenvalue weighted by Gasteiger charge is -2.17. The van der Waals surface area contributed by atoms with Crippen LogP contribution in [-0.4, -0.2) is 19.9 Å². The summed E-state index contributed by atoms with van der Waals surface area (Å²) >= 11 is 1.68. The molecule has 0 saturated carbocycles. The number of aromatic amines is 1. The van der Waals surface area contributed by atoms with E-state index in [2.05, 4.69) is 38.7 Å². The fraction of sp³-hybridized carbons (Fsp3) is 0.333. The number of rotatable bonds is 1. The number of hydrogen-bond acceptors (Lipinski definition) is 6. The van der Waals surface area contributed by atoms with E-state index in [0.29, 0.717) is 18.9 Å². The van der Waals surface area contributed by atoms with Gasteiger partial charge in [-0.3, -0.25) is 4.79 Å². The van der Waals surface area contributed by atoms with Gasteiger partial charge in [0.25, 0.3) is 5.56 Å². The first-order chi connectivity index (χ1) is 10.5.